The second-order valence-corrected chi connectivity index (χ2v) is 10.2. The number of nitrogens with zero attached hydrogens (tertiary/aromatic N) is 2. The summed E-state index contributed by atoms with van der Waals surface area (Å²) in [5.41, 5.74) is 1.88. The van der Waals surface area contributed by atoms with Crippen LogP contribution in [0.2, 0.25) is 5.02 Å². The number of thiazole rings is 1. The Labute approximate surface area is 172 Å². The monoisotopic (exact) mass is 436 g/mol. The van der Waals surface area contributed by atoms with Gasteiger partial charge in [0.05, 0.1) is 15.8 Å². The van der Waals surface area contributed by atoms with Gasteiger partial charge in [0.15, 0.2) is 15.0 Å². The van der Waals surface area contributed by atoms with E-state index in [0.717, 1.165) is 22.5 Å². The first-order valence-corrected chi connectivity index (χ1v) is 11.7. The Morgan fingerprint density at radius 3 is 2.50 bits per heavy atom. The van der Waals surface area contributed by atoms with Gasteiger partial charge in [-0.05, 0) is 43.2 Å². The van der Waals surface area contributed by atoms with E-state index in [2.05, 4.69) is 4.90 Å². The maximum atomic E-state index is 13.4. The third-order valence-corrected chi connectivity index (χ3v) is 8.32. The van der Waals surface area contributed by atoms with Crippen LogP contribution in [0.4, 0.5) is 9.52 Å². The number of sulfone groups is 1. The van der Waals surface area contributed by atoms with Crippen LogP contribution in [0.25, 0.3) is 11.3 Å². The van der Waals surface area contributed by atoms with Crippen LogP contribution in [0, 0.1) is 5.82 Å². The van der Waals surface area contributed by atoms with Crippen LogP contribution in [-0.2, 0) is 9.84 Å². The largest absolute Gasteiger partial charge is 0.348 e. The van der Waals surface area contributed by atoms with Crippen LogP contribution >= 0.6 is 22.9 Å². The number of benzene rings is 2. The average Bonchev–Trinajstić information content (AvgIpc) is 3.19. The lowest BCUT2D eigenvalue weighted by Crippen LogP contribution is -2.39. The molecule has 1 aliphatic heterocycles. The van der Waals surface area contributed by atoms with Crippen molar-refractivity contribution in [1.29, 1.82) is 0 Å². The highest BCUT2D eigenvalue weighted by atomic mass is 35.5. The van der Waals surface area contributed by atoms with Gasteiger partial charge in [-0.25, -0.2) is 17.8 Å². The number of hydrogen-bond acceptors (Lipinski definition) is 5. The minimum atomic E-state index is -3.53. The highest BCUT2D eigenvalue weighted by molar-refractivity contribution is 7.92. The molecule has 1 aromatic heterocycles. The van der Waals surface area contributed by atoms with Crippen molar-refractivity contribution in [1.82, 2.24) is 4.98 Å². The van der Waals surface area contributed by atoms with Crippen LogP contribution < -0.4 is 4.90 Å². The Morgan fingerprint density at radius 2 is 1.82 bits per heavy atom. The van der Waals surface area contributed by atoms with E-state index in [4.69, 9.17) is 16.6 Å². The summed E-state index contributed by atoms with van der Waals surface area (Å²) in [5, 5.41) is 3.06. The molecule has 0 saturated carbocycles. The maximum absolute atomic E-state index is 13.4. The maximum Gasteiger partial charge on any atom is 0.185 e. The number of aromatic nitrogens is 1. The van der Waals surface area contributed by atoms with Crippen LogP contribution in [0.3, 0.4) is 0 Å². The molecule has 0 amide bonds. The van der Waals surface area contributed by atoms with Crippen LogP contribution in [-0.4, -0.2) is 31.7 Å². The topological polar surface area (TPSA) is 50.3 Å². The van der Waals surface area contributed by atoms with Crippen molar-refractivity contribution >= 4 is 37.9 Å². The van der Waals surface area contributed by atoms with E-state index in [1.165, 1.54) is 18.2 Å². The molecule has 4 nitrogen and oxygen atoms in total. The summed E-state index contributed by atoms with van der Waals surface area (Å²) in [6, 6.07) is 12.8. The first kappa shape index (κ1) is 19.4. The Hall–Kier alpha value is -1.96. The zero-order valence-electron chi connectivity index (χ0n) is 14.9. The van der Waals surface area contributed by atoms with E-state index in [9.17, 15) is 12.8 Å². The van der Waals surface area contributed by atoms with E-state index < -0.39 is 20.9 Å². The Bertz CT molecular complexity index is 1080. The first-order chi connectivity index (χ1) is 13.4. The fraction of sp³-hybridized carbons (Fsp3) is 0.250. The molecule has 1 fully saturated rings. The predicted molar refractivity (Wildman–Crippen MR) is 111 cm³/mol. The summed E-state index contributed by atoms with van der Waals surface area (Å²) >= 11 is 7.48. The lowest BCUT2D eigenvalue weighted by atomic mass is 10.1. The van der Waals surface area contributed by atoms with Gasteiger partial charge in [0.25, 0.3) is 0 Å². The fourth-order valence-electron chi connectivity index (χ4n) is 3.36. The molecule has 28 heavy (non-hydrogen) atoms. The summed E-state index contributed by atoms with van der Waals surface area (Å²) in [7, 11) is -3.53. The van der Waals surface area contributed by atoms with Crippen LogP contribution in [0.15, 0.2) is 58.8 Å². The summed E-state index contributed by atoms with van der Waals surface area (Å²) in [4.78, 5) is 6.87. The Kier molecular flexibility index (Phi) is 5.40. The van der Waals surface area contributed by atoms with Crippen molar-refractivity contribution in [3.63, 3.8) is 0 Å². The molecule has 0 unspecified atom stereocenters. The molecule has 0 aliphatic carbocycles. The first-order valence-electron chi connectivity index (χ1n) is 8.89. The van der Waals surface area contributed by atoms with E-state index in [1.807, 2.05) is 29.6 Å². The smallest absolute Gasteiger partial charge is 0.185 e. The van der Waals surface area contributed by atoms with Gasteiger partial charge in [0.1, 0.15) is 5.82 Å². The summed E-state index contributed by atoms with van der Waals surface area (Å²) in [5.74, 6) is -0.531. The molecule has 1 aliphatic rings. The molecule has 8 heteroatoms. The van der Waals surface area contributed by atoms with Gasteiger partial charge < -0.3 is 4.90 Å². The molecule has 0 atom stereocenters. The highest BCUT2D eigenvalue weighted by Crippen LogP contribution is 2.32. The third-order valence-electron chi connectivity index (χ3n) is 4.91. The molecule has 0 spiro atoms. The highest BCUT2D eigenvalue weighted by Gasteiger charge is 2.32. The third kappa shape index (κ3) is 3.92. The van der Waals surface area contributed by atoms with Gasteiger partial charge in [0, 0.05) is 29.1 Å². The number of anilines is 1. The second kappa shape index (κ2) is 7.81. The van der Waals surface area contributed by atoms with Crippen molar-refractivity contribution in [3.05, 3.63) is 64.8 Å². The number of piperidine rings is 1. The van der Waals surface area contributed by atoms with Gasteiger partial charge in [-0.15, -0.1) is 11.3 Å². The standard InChI is InChI=1S/C20H18ClFN2O2S2/c21-15-6-4-14(5-7-15)19-13-27-20(23-19)24-10-8-17(9-11-24)28(25,26)18-3-1-2-16(22)12-18/h1-7,12-13,17H,8-11H2. The SMILES string of the molecule is O=S(=O)(c1cccc(F)c1)C1CCN(c2nc(-c3ccc(Cl)cc3)cs2)CC1. The second-order valence-electron chi connectivity index (χ2n) is 6.71. The van der Waals surface area contributed by atoms with Gasteiger partial charge >= 0.3 is 0 Å². The average molecular weight is 437 g/mol. The van der Waals surface area contributed by atoms with E-state index in [1.54, 1.807) is 11.3 Å². The summed E-state index contributed by atoms with van der Waals surface area (Å²) < 4.78 is 39.0. The lowest BCUT2D eigenvalue weighted by molar-refractivity contribution is 0.528. The molecule has 0 radical (unpaired) electrons. The van der Waals surface area contributed by atoms with Gasteiger partial charge in [-0.1, -0.05) is 29.8 Å². The lowest BCUT2D eigenvalue weighted by Gasteiger charge is -2.31. The van der Waals surface area contributed by atoms with E-state index in [0.29, 0.717) is 31.0 Å². The van der Waals surface area contributed by atoms with Crippen molar-refractivity contribution in [3.8, 4) is 11.3 Å². The number of hydrogen-bond donors (Lipinski definition) is 0. The van der Waals surface area contributed by atoms with Crippen LogP contribution in [0.5, 0.6) is 0 Å². The molecule has 0 N–H and O–H groups in total. The fourth-order valence-corrected chi connectivity index (χ4v) is 6.13. The molecular formula is C20H18ClFN2O2S2. The van der Waals surface area contributed by atoms with Gasteiger partial charge in [-0.3, -0.25) is 0 Å². The molecule has 4 rings (SSSR count). The summed E-state index contributed by atoms with van der Waals surface area (Å²) in [6.07, 6.45) is 0.989. The molecule has 1 saturated heterocycles. The van der Waals surface area contributed by atoms with Crippen molar-refractivity contribution in [2.45, 2.75) is 23.0 Å². The van der Waals surface area contributed by atoms with E-state index in [-0.39, 0.29) is 4.90 Å². The Morgan fingerprint density at radius 1 is 1.11 bits per heavy atom. The van der Waals surface area contributed by atoms with Crippen molar-refractivity contribution in [2.24, 2.45) is 0 Å². The molecule has 2 aromatic carbocycles. The predicted octanol–water partition coefficient (Wildman–Crippen LogP) is 5.05. The Balaban J connectivity index is 1.45. The quantitative estimate of drug-likeness (QED) is 0.574. The minimum absolute atomic E-state index is 0.0604. The molecule has 3 aromatic rings. The zero-order chi connectivity index (χ0) is 19.7. The minimum Gasteiger partial charge on any atom is -0.348 e. The normalized spacial score (nSPS) is 15.7. The van der Waals surface area contributed by atoms with Gasteiger partial charge in [-0.2, -0.15) is 0 Å². The molecule has 146 valence electrons. The number of rotatable bonds is 4. The van der Waals surface area contributed by atoms with Crippen molar-refractivity contribution in [2.75, 3.05) is 18.0 Å². The van der Waals surface area contributed by atoms with Gasteiger partial charge in [0.2, 0.25) is 0 Å². The molecular weight excluding hydrogens is 419 g/mol. The molecule has 2 heterocycles. The van der Waals surface area contributed by atoms with E-state index >= 15 is 0 Å². The number of halogens is 2. The molecule has 0 bridgehead atoms. The van der Waals surface area contributed by atoms with Crippen molar-refractivity contribution < 1.29 is 12.8 Å². The zero-order valence-corrected chi connectivity index (χ0v) is 17.3. The van der Waals surface area contributed by atoms with Crippen LogP contribution in [0.1, 0.15) is 12.8 Å². The summed E-state index contributed by atoms with van der Waals surface area (Å²) in [6.45, 7) is 1.21.